The normalized spacial score (nSPS) is 10.3. The van der Waals surface area contributed by atoms with Gasteiger partial charge in [0.1, 0.15) is 5.75 Å². The van der Waals surface area contributed by atoms with Crippen LogP contribution in [0.15, 0.2) is 42.6 Å². The summed E-state index contributed by atoms with van der Waals surface area (Å²) in [6.45, 7) is 3.89. The van der Waals surface area contributed by atoms with Gasteiger partial charge in [0, 0.05) is 19.3 Å². The zero-order valence-electron chi connectivity index (χ0n) is 11.9. The predicted octanol–water partition coefficient (Wildman–Crippen LogP) is 2.47. The maximum atomic E-state index is 10.7. The topological polar surface area (TPSA) is 71.5 Å². The molecule has 21 heavy (non-hydrogen) atoms. The van der Waals surface area contributed by atoms with Crippen molar-refractivity contribution in [1.29, 1.82) is 0 Å². The fourth-order valence-corrected chi connectivity index (χ4v) is 1.90. The molecule has 2 rings (SSSR count). The number of ether oxygens (including phenoxy) is 1. The molecular weight excluding hydrogens is 268 g/mol. The van der Waals surface area contributed by atoms with Gasteiger partial charge in [0.2, 0.25) is 0 Å². The summed E-state index contributed by atoms with van der Waals surface area (Å²) in [4.78, 5) is 14.8. The number of nitrogens with zero attached hydrogens (tertiary/aromatic N) is 1. The number of hydrogen-bond donors (Lipinski definition) is 2. The van der Waals surface area contributed by atoms with Gasteiger partial charge in [-0.2, -0.15) is 0 Å². The van der Waals surface area contributed by atoms with Gasteiger partial charge in [-0.3, -0.25) is 4.98 Å². The highest BCUT2D eigenvalue weighted by molar-refractivity contribution is 5.87. The quantitative estimate of drug-likeness (QED) is 0.818. The van der Waals surface area contributed by atoms with Crippen LogP contribution in [-0.4, -0.2) is 22.7 Å². The Morgan fingerprint density at radius 2 is 2.14 bits per heavy atom. The Labute approximate surface area is 123 Å². The number of benzene rings is 1. The van der Waals surface area contributed by atoms with Crippen molar-refractivity contribution in [3.8, 4) is 5.75 Å². The summed E-state index contributed by atoms with van der Waals surface area (Å²) in [5.41, 5.74) is 2.13. The van der Waals surface area contributed by atoms with E-state index in [0.717, 1.165) is 17.0 Å². The second-order valence-corrected chi connectivity index (χ2v) is 4.53. The molecule has 0 radical (unpaired) electrons. The first-order valence-electron chi connectivity index (χ1n) is 6.79. The van der Waals surface area contributed by atoms with Gasteiger partial charge in [-0.15, -0.1) is 0 Å². The number of rotatable bonds is 7. The Hall–Kier alpha value is -2.40. The van der Waals surface area contributed by atoms with Crippen molar-refractivity contribution in [1.82, 2.24) is 10.3 Å². The molecular formula is C16H18N2O3. The largest absolute Gasteiger partial charge is 0.494 e. The van der Waals surface area contributed by atoms with Crippen LogP contribution in [0.1, 0.15) is 28.5 Å². The molecule has 0 aliphatic carbocycles. The van der Waals surface area contributed by atoms with Gasteiger partial charge in [0.05, 0.1) is 17.9 Å². The molecule has 0 amide bonds. The van der Waals surface area contributed by atoms with E-state index in [1.165, 1.54) is 6.20 Å². The summed E-state index contributed by atoms with van der Waals surface area (Å²) in [6.07, 6.45) is 1.37. The highest BCUT2D eigenvalue weighted by Crippen LogP contribution is 2.13. The van der Waals surface area contributed by atoms with Gasteiger partial charge in [-0.1, -0.05) is 12.1 Å². The maximum Gasteiger partial charge on any atom is 0.337 e. The van der Waals surface area contributed by atoms with Crippen LogP contribution in [0.25, 0.3) is 0 Å². The Morgan fingerprint density at radius 1 is 1.29 bits per heavy atom. The Kier molecular flexibility index (Phi) is 5.29. The van der Waals surface area contributed by atoms with E-state index in [1.807, 2.05) is 31.2 Å². The second kappa shape index (κ2) is 7.40. The molecule has 0 saturated heterocycles. The van der Waals surface area contributed by atoms with Crippen LogP contribution >= 0.6 is 0 Å². The molecule has 110 valence electrons. The molecule has 2 aromatic rings. The van der Waals surface area contributed by atoms with Crippen LogP contribution in [0.2, 0.25) is 0 Å². The highest BCUT2D eigenvalue weighted by Gasteiger charge is 2.03. The summed E-state index contributed by atoms with van der Waals surface area (Å²) >= 11 is 0. The van der Waals surface area contributed by atoms with Crippen molar-refractivity contribution < 1.29 is 14.6 Å². The Balaban J connectivity index is 1.86. The summed E-state index contributed by atoms with van der Waals surface area (Å²) in [7, 11) is 0. The molecule has 1 aromatic heterocycles. The number of pyridine rings is 1. The van der Waals surface area contributed by atoms with E-state index in [4.69, 9.17) is 9.84 Å². The van der Waals surface area contributed by atoms with Gasteiger partial charge in [-0.25, -0.2) is 4.79 Å². The molecule has 5 heteroatoms. The molecule has 0 fully saturated rings. The van der Waals surface area contributed by atoms with Crippen LogP contribution in [0.4, 0.5) is 0 Å². The van der Waals surface area contributed by atoms with Crippen molar-refractivity contribution in [2.45, 2.75) is 20.0 Å². The molecule has 1 heterocycles. The minimum Gasteiger partial charge on any atom is -0.494 e. The second-order valence-electron chi connectivity index (χ2n) is 4.53. The van der Waals surface area contributed by atoms with E-state index in [9.17, 15) is 4.79 Å². The lowest BCUT2D eigenvalue weighted by molar-refractivity contribution is 0.0696. The van der Waals surface area contributed by atoms with E-state index >= 15 is 0 Å². The summed E-state index contributed by atoms with van der Waals surface area (Å²) in [5, 5.41) is 12.1. The predicted molar refractivity (Wildman–Crippen MR) is 79.4 cm³/mol. The molecule has 0 aliphatic heterocycles. The Bertz CT molecular complexity index is 597. The van der Waals surface area contributed by atoms with E-state index in [-0.39, 0.29) is 5.56 Å². The molecule has 0 bridgehead atoms. The third kappa shape index (κ3) is 4.57. The van der Waals surface area contributed by atoms with Crippen LogP contribution in [-0.2, 0) is 13.1 Å². The molecule has 0 aliphatic rings. The maximum absolute atomic E-state index is 10.7. The number of aromatic nitrogens is 1. The standard InChI is InChI=1S/C16H18N2O3/c1-2-21-15-5-3-4-12(8-15)9-17-11-14-7-6-13(10-18-14)16(19)20/h3-8,10,17H,2,9,11H2,1H3,(H,19,20). The summed E-state index contributed by atoms with van der Waals surface area (Å²) in [5.74, 6) is -0.101. The molecule has 0 atom stereocenters. The first kappa shape index (κ1) is 15.0. The van der Waals surface area contributed by atoms with Crippen molar-refractivity contribution in [3.05, 3.63) is 59.4 Å². The lowest BCUT2D eigenvalue weighted by atomic mass is 10.2. The van der Waals surface area contributed by atoms with Crippen LogP contribution in [0.5, 0.6) is 5.75 Å². The van der Waals surface area contributed by atoms with Gasteiger partial charge in [0.25, 0.3) is 0 Å². The monoisotopic (exact) mass is 286 g/mol. The summed E-state index contributed by atoms with van der Waals surface area (Å²) in [6, 6.07) is 11.2. The van der Waals surface area contributed by atoms with Gasteiger partial charge >= 0.3 is 5.97 Å². The molecule has 1 aromatic carbocycles. The fourth-order valence-electron chi connectivity index (χ4n) is 1.90. The minimum absolute atomic E-state index is 0.197. The summed E-state index contributed by atoms with van der Waals surface area (Å²) < 4.78 is 5.45. The SMILES string of the molecule is CCOc1cccc(CNCc2ccc(C(=O)O)cn2)c1. The van der Waals surface area contributed by atoms with Crippen molar-refractivity contribution >= 4 is 5.97 Å². The van der Waals surface area contributed by atoms with Crippen molar-refractivity contribution in [2.24, 2.45) is 0 Å². The third-order valence-corrected chi connectivity index (χ3v) is 2.92. The Morgan fingerprint density at radius 3 is 2.81 bits per heavy atom. The van der Waals surface area contributed by atoms with E-state index in [0.29, 0.717) is 19.7 Å². The number of hydrogen-bond acceptors (Lipinski definition) is 4. The van der Waals surface area contributed by atoms with Gasteiger partial charge in [-0.05, 0) is 36.8 Å². The lowest BCUT2D eigenvalue weighted by Gasteiger charge is -2.07. The fraction of sp³-hybridized carbons (Fsp3) is 0.250. The van der Waals surface area contributed by atoms with Gasteiger partial charge in [0.15, 0.2) is 0 Å². The number of carboxylic acids is 1. The molecule has 0 unspecified atom stereocenters. The van der Waals surface area contributed by atoms with Crippen molar-refractivity contribution in [3.63, 3.8) is 0 Å². The first-order valence-corrected chi connectivity index (χ1v) is 6.79. The van der Waals surface area contributed by atoms with Gasteiger partial charge < -0.3 is 15.2 Å². The van der Waals surface area contributed by atoms with Crippen LogP contribution in [0, 0.1) is 0 Å². The zero-order chi connectivity index (χ0) is 15.1. The average Bonchev–Trinajstić information content (AvgIpc) is 2.48. The lowest BCUT2D eigenvalue weighted by Crippen LogP contribution is -2.14. The van der Waals surface area contributed by atoms with E-state index < -0.39 is 5.97 Å². The van der Waals surface area contributed by atoms with E-state index in [2.05, 4.69) is 10.3 Å². The minimum atomic E-state index is -0.963. The number of carbonyl (C=O) groups is 1. The molecule has 0 spiro atoms. The number of aromatic carboxylic acids is 1. The first-order chi connectivity index (χ1) is 10.2. The molecule has 2 N–H and O–H groups in total. The third-order valence-electron chi connectivity index (χ3n) is 2.92. The average molecular weight is 286 g/mol. The number of nitrogens with one attached hydrogen (secondary N) is 1. The highest BCUT2D eigenvalue weighted by atomic mass is 16.5. The smallest absolute Gasteiger partial charge is 0.337 e. The number of carboxylic acid groups (broad SMARTS) is 1. The molecule has 0 saturated carbocycles. The van der Waals surface area contributed by atoms with Crippen LogP contribution < -0.4 is 10.1 Å². The van der Waals surface area contributed by atoms with E-state index in [1.54, 1.807) is 12.1 Å². The zero-order valence-corrected chi connectivity index (χ0v) is 11.9. The van der Waals surface area contributed by atoms with Crippen molar-refractivity contribution in [2.75, 3.05) is 6.61 Å². The van der Waals surface area contributed by atoms with Crippen LogP contribution in [0.3, 0.4) is 0 Å². The molecule has 5 nitrogen and oxygen atoms in total.